The predicted octanol–water partition coefficient (Wildman–Crippen LogP) is 7.61. The highest BCUT2D eigenvalue weighted by molar-refractivity contribution is 5.33. The second-order valence-corrected chi connectivity index (χ2v) is 9.45. The number of nitrogens with zero attached hydrogens (tertiary/aromatic N) is 1. The first-order valence-electron chi connectivity index (χ1n) is 11.1. The lowest BCUT2D eigenvalue weighted by atomic mass is 9.63. The van der Waals surface area contributed by atoms with Gasteiger partial charge in [0.2, 0.25) is 0 Å². The molecule has 142 valence electrons. The third-order valence-corrected chi connectivity index (χ3v) is 7.57. The van der Waals surface area contributed by atoms with E-state index < -0.39 is 0 Å². The summed E-state index contributed by atoms with van der Waals surface area (Å²) in [6.45, 7) is 4.87. The molecule has 0 N–H and O–H groups in total. The van der Waals surface area contributed by atoms with E-state index in [-0.39, 0.29) is 0 Å². The van der Waals surface area contributed by atoms with Crippen molar-refractivity contribution in [1.82, 2.24) is 0 Å². The van der Waals surface area contributed by atoms with Crippen LogP contribution in [0.3, 0.4) is 0 Å². The first kappa shape index (κ1) is 19.5. The van der Waals surface area contributed by atoms with Gasteiger partial charge < -0.3 is 0 Å². The Hall–Kier alpha value is -1.29. The van der Waals surface area contributed by atoms with Gasteiger partial charge in [0, 0.05) is 0 Å². The van der Waals surface area contributed by atoms with Crippen molar-refractivity contribution < 1.29 is 0 Å². The Kier molecular flexibility index (Phi) is 6.80. The van der Waals surface area contributed by atoms with Gasteiger partial charge in [-0.2, -0.15) is 5.26 Å². The highest BCUT2D eigenvalue weighted by Crippen LogP contribution is 2.48. The molecule has 0 unspecified atom stereocenters. The first-order valence-corrected chi connectivity index (χ1v) is 11.1. The SMILES string of the molecule is CCCCC[C@]1(C)CC[C@@H](C2CCC(c3ccc(C#N)cc3)CC2)CC1. The lowest BCUT2D eigenvalue weighted by molar-refractivity contribution is 0.102. The van der Waals surface area contributed by atoms with E-state index in [1.165, 1.54) is 82.6 Å². The monoisotopic (exact) mass is 351 g/mol. The number of rotatable bonds is 6. The zero-order chi connectivity index (χ0) is 18.4. The Labute approximate surface area is 161 Å². The van der Waals surface area contributed by atoms with Crippen molar-refractivity contribution in [3.05, 3.63) is 35.4 Å². The van der Waals surface area contributed by atoms with Gasteiger partial charge >= 0.3 is 0 Å². The average molecular weight is 352 g/mol. The van der Waals surface area contributed by atoms with Crippen molar-refractivity contribution in [3.63, 3.8) is 0 Å². The summed E-state index contributed by atoms with van der Waals surface area (Å²) in [5, 5.41) is 8.96. The highest BCUT2D eigenvalue weighted by atomic mass is 14.4. The number of hydrogen-bond acceptors (Lipinski definition) is 1. The van der Waals surface area contributed by atoms with Crippen molar-refractivity contribution in [1.29, 1.82) is 5.26 Å². The zero-order valence-corrected chi connectivity index (χ0v) is 17.0. The molecule has 0 amide bonds. The molecule has 0 saturated heterocycles. The Morgan fingerprint density at radius 2 is 1.54 bits per heavy atom. The summed E-state index contributed by atoms with van der Waals surface area (Å²) in [4.78, 5) is 0. The smallest absolute Gasteiger partial charge is 0.0991 e. The van der Waals surface area contributed by atoms with E-state index in [1.807, 2.05) is 12.1 Å². The third-order valence-electron chi connectivity index (χ3n) is 7.57. The Bertz CT molecular complexity index is 578. The summed E-state index contributed by atoms with van der Waals surface area (Å²) >= 11 is 0. The Morgan fingerprint density at radius 3 is 2.12 bits per heavy atom. The fourth-order valence-electron chi connectivity index (χ4n) is 5.61. The van der Waals surface area contributed by atoms with Gasteiger partial charge in [-0.3, -0.25) is 0 Å². The minimum atomic E-state index is 0.644. The summed E-state index contributed by atoms with van der Waals surface area (Å²) in [6.07, 6.45) is 17.1. The second kappa shape index (κ2) is 9.07. The van der Waals surface area contributed by atoms with E-state index in [2.05, 4.69) is 32.0 Å². The molecule has 2 aliphatic rings. The molecule has 0 aromatic heterocycles. The topological polar surface area (TPSA) is 23.8 Å². The van der Waals surface area contributed by atoms with Crippen LogP contribution >= 0.6 is 0 Å². The van der Waals surface area contributed by atoms with E-state index >= 15 is 0 Å². The van der Waals surface area contributed by atoms with Crippen LogP contribution < -0.4 is 0 Å². The van der Waals surface area contributed by atoms with Gasteiger partial charge in [0.05, 0.1) is 11.6 Å². The van der Waals surface area contributed by atoms with Crippen LogP contribution in [0.1, 0.15) is 108 Å². The van der Waals surface area contributed by atoms with Crippen LogP contribution in [0.25, 0.3) is 0 Å². The lowest BCUT2D eigenvalue weighted by Crippen LogP contribution is -2.30. The van der Waals surface area contributed by atoms with E-state index in [4.69, 9.17) is 5.26 Å². The third kappa shape index (κ3) is 4.91. The molecule has 2 aliphatic carbocycles. The van der Waals surface area contributed by atoms with Gasteiger partial charge in [-0.05, 0) is 98.7 Å². The number of benzene rings is 1. The van der Waals surface area contributed by atoms with Crippen LogP contribution in [-0.2, 0) is 0 Å². The summed E-state index contributed by atoms with van der Waals surface area (Å²) < 4.78 is 0. The van der Waals surface area contributed by atoms with E-state index in [0.29, 0.717) is 5.41 Å². The quantitative estimate of drug-likeness (QED) is 0.484. The minimum absolute atomic E-state index is 0.644. The van der Waals surface area contributed by atoms with E-state index in [9.17, 15) is 0 Å². The summed E-state index contributed by atoms with van der Waals surface area (Å²) in [5.41, 5.74) is 2.88. The van der Waals surface area contributed by atoms with Gasteiger partial charge in [-0.1, -0.05) is 45.2 Å². The molecular weight excluding hydrogens is 314 g/mol. The van der Waals surface area contributed by atoms with Crippen molar-refractivity contribution in [2.45, 2.75) is 96.8 Å². The molecule has 2 fully saturated rings. The van der Waals surface area contributed by atoms with Crippen LogP contribution in [0.4, 0.5) is 0 Å². The molecule has 0 bridgehead atoms. The first-order chi connectivity index (χ1) is 12.6. The predicted molar refractivity (Wildman–Crippen MR) is 110 cm³/mol. The van der Waals surface area contributed by atoms with Crippen LogP contribution in [0.2, 0.25) is 0 Å². The van der Waals surface area contributed by atoms with Gasteiger partial charge in [0.15, 0.2) is 0 Å². The van der Waals surface area contributed by atoms with Gasteiger partial charge in [-0.25, -0.2) is 0 Å². The highest BCUT2D eigenvalue weighted by Gasteiger charge is 2.35. The van der Waals surface area contributed by atoms with Crippen LogP contribution in [0, 0.1) is 28.6 Å². The maximum absolute atomic E-state index is 8.96. The number of unbranched alkanes of at least 4 members (excludes halogenated alkanes) is 2. The van der Waals surface area contributed by atoms with Crippen LogP contribution in [0.15, 0.2) is 24.3 Å². The molecular formula is C25H37N. The van der Waals surface area contributed by atoms with Gasteiger partial charge in [-0.15, -0.1) is 0 Å². The van der Waals surface area contributed by atoms with Gasteiger partial charge in [0.25, 0.3) is 0 Å². The normalized spacial score (nSPS) is 32.1. The molecule has 2 saturated carbocycles. The van der Waals surface area contributed by atoms with Crippen molar-refractivity contribution in [2.75, 3.05) is 0 Å². The van der Waals surface area contributed by atoms with Crippen molar-refractivity contribution >= 4 is 0 Å². The van der Waals surface area contributed by atoms with E-state index in [0.717, 1.165) is 23.3 Å². The zero-order valence-electron chi connectivity index (χ0n) is 17.0. The number of hydrogen-bond donors (Lipinski definition) is 0. The molecule has 1 heteroatoms. The molecule has 0 spiro atoms. The molecule has 0 atom stereocenters. The molecule has 0 aliphatic heterocycles. The number of nitriles is 1. The van der Waals surface area contributed by atoms with Crippen molar-refractivity contribution in [3.8, 4) is 6.07 Å². The van der Waals surface area contributed by atoms with Crippen molar-refractivity contribution in [2.24, 2.45) is 17.3 Å². The van der Waals surface area contributed by atoms with Gasteiger partial charge in [0.1, 0.15) is 0 Å². The average Bonchev–Trinajstić information content (AvgIpc) is 2.69. The second-order valence-electron chi connectivity index (χ2n) is 9.45. The fourth-order valence-corrected chi connectivity index (χ4v) is 5.61. The summed E-state index contributed by atoms with van der Waals surface area (Å²) in [5.74, 6) is 2.70. The maximum atomic E-state index is 8.96. The Morgan fingerprint density at radius 1 is 0.923 bits per heavy atom. The largest absolute Gasteiger partial charge is 0.192 e. The fraction of sp³-hybridized carbons (Fsp3) is 0.720. The minimum Gasteiger partial charge on any atom is -0.192 e. The molecule has 1 nitrogen and oxygen atoms in total. The molecule has 0 heterocycles. The molecule has 3 rings (SSSR count). The van der Waals surface area contributed by atoms with Crippen LogP contribution in [0.5, 0.6) is 0 Å². The summed E-state index contributed by atoms with van der Waals surface area (Å²) in [7, 11) is 0. The van der Waals surface area contributed by atoms with Crippen LogP contribution in [-0.4, -0.2) is 0 Å². The molecule has 1 aromatic rings. The molecule has 1 aromatic carbocycles. The standard InChI is InChI=1S/C25H37N/c1-3-4-5-16-25(2)17-14-24(15-18-25)23-12-10-22(11-13-23)21-8-6-20(19-26)7-9-21/h6-9,22-24H,3-5,10-18H2,1-2H3/t22?,23?,24-,25-. The lowest BCUT2D eigenvalue weighted by Gasteiger charge is -2.42. The maximum Gasteiger partial charge on any atom is 0.0991 e. The summed E-state index contributed by atoms with van der Waals surface area (Å²) in [6, 6.07) is 10.6. The Balaban J connectivity index is 1.45. The molecule has 26 heavy (non-hydrogen) atoms. The molecule has 0 radical (unpaired) electrons. The van der Waals surface area contributed by atoms with E-state index in [1.54, 1.807) is 0 Å².